The van der Waals surface area contributed by atoms with Crippen LogP contribution in [-0.4, -0.2) is 67.2 Å². The molecule has 1 aliphatic carbocycles. The molecule has 5 rings (SSSR count). The lowest BCUT2D eigenvalue weighted by Gasteiger charge is -2.38. The molecular formula is C28H36N2O3. The summed E-state index contributed by atoms with van der Waals surface area (Å²) < 4.78 is 11.6. The zero-order valence-electron chi connectivity index (χ0n) is 19.5. The molecule has 5 heteroatoms. The van der Waals surface area contributed by atoms with Crippen molar-refractivity contribution in [1.29, 1.82) is 0 Å². The van der Waals surface area contributed by atoms with Crippen LogP contribution in [0.1, 0.15) is 36.8 Å². The van der Waals surface area contributed by atoms with Crippen LogP contribution in [0.3, 0.4) is 0 Å². The van der Waals surface area contributed by atoms with Crippen molar-refractivity contribution in [3.05, 3.63) is 65.7 Å². The number of piperidine rings is 1. The lowest BCUT2D eigenvalue weighted by molar-refractivity contribution is -0.136. The van der Waals surface area contributed by atoms with Gasteiger partial charge in [-0.1, -0.05) is 42.5 Å². The van der Waals surface area contributed by atoms with Crippen molar-refractivity contribution in [2.75, 3.05) is 39.4 Å². The SMILES string of the molecule is O=C(COc1ccccc1)N(CC1CCN(C2Cc3ccccc3C2)CC1)C[C@H]1CCCO1. The fourth-order valence-corrected chi connectivity index (χ4v) is 5.67. The lowest BCUT2D eigenvalue weighted by atomic mass is 9.94. The molecule has 0 radical (unpaired) electrons. The van der Waals surface area contributed by atoms with E-state index < -0.39 is 0 Å². The van der Waals surface area contributed by atoms with Crippen LogP contribution in [0.5, 0.6) is 5.75 Å². The number of hydrogen-bond donors (Lipinski definition) is 0. The first-order chi connectivity index (χ1) is 16.2. The minimum Gasteiger partial charge on any atom is -0.484 e. The van der Waals surface area contributed by atoms with Crippen LogP contribution in [-0.2, 0) is 22.4 Å². The number of carbonyl (C=O) groups excluding carboxylic acids is 1. The van der Waals surface area contributed by atoms with E-state index in [2.05, 4.69) is 29.2 Å². The topological polar surface area (TPSA) is 42.0 Å². The van der Waals surface area contributed by atoms with Gasteiger partial charge >= 0.3 is 0 Å². The summed E-state index contributed by atoms with van der Waals surface area (Å²) in [4.78, 5) is 17.8. The van der Waals surface area contributed by atoms with E-state index in [1.54, 1.807) is 0 Å². The van der Waals surface area contributed by atoms with Crippen LogP contribution in [0, 0.1) is 5.92 Å². The van der Waals surface area contributed by atoms with Crippen molar-refractivity contribution < 1.29 is 14.3 Å². The van der Waals surface area contributed by atoms with Gasteiger partial charge in [0, 0.05) is 25.7 Å². The molecule has 2 heterocycles. The number of likely N-dealkylation sites (tertiary alicyclic amines) is 1. The van der Waals surface area contributed by atoms with Crippen LogP contribution < -0.4 is 4.74 Å². The summed E-state index contributed by atoms with van der Waals surface area (Å²) in [5.41, 5.74) is 3.05. The zero-order chi connectivity index (χ0) is 22.5. The number of amides is 1. The molecule has 0 aromatic heterocycles. The van der Waals surface area contributed by atoms with Crippen molar-refractivity contribution in [3.8, 4) is 5.75 Å². The number of para-hydroxylation sites is 1. The summed E-state index contributed by atoms with van der Waals surface area (Å²) >= 11 is 0. The predicted octanol–water partition coefficient (Wildman–Crippen LogP) is 3.95. The summed E-state index contributed by atoms with van der Waals surface area (Å²) in [6, 6.07) is 19.2. The highest BCUT2D eigenvalue weighted by Gasteiger charge is 2.31. The van der Waals surface area contributed by atoms with E-state index >= 15 is 0 Å². The maximum absolute atomic E-state index is 13.1. The van der Waals surface area contributed by atoms with Gasteiger partial charge in [-0.15, -0.1) is 0 Å². The fourth-order valence-electron chi connectivity index (χ4n) is 5.67. The second-order valence-corrected chi connectivity index (χ2v) is 9.85. The average Bonchev–Trinajstić information content (AvgIpc) is 3.53. The highest BCUT2D eigenvalue weighted by molar-refractivity contribution is 5.77. The van der Waals surface area contributed by atoms with E-state index in [1.807, 2.05) is 35.2 Å². The van der Waals surface area contributed by atoms with E-state index in [1.165, 1.54) is 24.0 Å². The molecule has 33 heavy (non-hydrogen) atoms. The molecule has 2 aromatic rings. The van der Waals surface area contributed by atoms with Gasteiger partial charge in [-0.05, 0) is 80.8 Å². The van der Waals surface area contributed by atoms with Crippen LogP contribution in [0.2, 0.25) is 0 Å². The van der Waals surface area contributed by atoms with Gasteiger partial charge < -0.3 is 14.4 Å². The van der Waals surface area contributed by atoms with E-state index in [-0.39, 0.29) is 18.6 Å². The average molecular weight is 449 g/mol. The van der Waals surface area contributed by atoms with Gasteiger partial charge in [0.1, 0.15) is 5.75 Å². The molecule has 176 valence electrons. The number of ether oxygens (including phenoxy) is 2. The van der Waals surface area contributed by atoms with Crippen molar-refractivity contribution in [2.24, 2.45) is 5.92 Å². The molecule has 1 amide bonds. The first-order valence-electron chi connectivity index (χ1n) is 12.6. The molecule has 0 bridgehead atoms. The van der Waals surface area contributed by atoms with Crippen LogP contribution in [0.4, 0.5) is 0 Å². The van der Waals surface area contributed by atoms with Gasteiger partial charge in [0.05, 0.1) is 6.10 Å². The van der Waals surface area contributed by atoms with E-state index in [0.29, 0.717) is 18.5 Å². The summed E-state index contributed by atoms with van der Waals surface area (Å²) in [5.74, 6) is 1.36. The fraction of sp³-hybridized carbons (Fsp3) is 0.536. The third-order valence-electron chi connectivity index (χ3n) is 7.58. The second kappa shape index (κ2) is 10.7. The molecular weight excluding hydrogens is 412 g/mol. The highest BCUT2D eigenvalue weighted by Crippen LogP contribution is 2.29. The first-order valence-corrected chi connectivity index (χ1v) is 12.6. The quantitative estimate of drug-likeness (QED) is 0.613. The number of hydrogen-bond acceptors (Lipinski definition) is 4. The second-order valence-electron chi connectivity index (χ2n) is 9.85. The number of nitrogens with zero attached hydrogens (tertiary/aromatic N) is 2. The van der Waals surface area contributed by atoms with Crippen molar-refractivity contribution in [1.82, 2.24) is 9.80 Å². The van der Waals surface area contributed by atoms with Crippen LogP contribution >= 0.6 is 0 Å². The third-order valence-corrected chi connectivity index (χ3v) is 7.58. The Morgan fingerprint density at radius 1 is 0.939 bits per heavy atom. The summed E-state index contributed by atoms with van der Waals surface area (Å²) in [7, 11) is 0. The first kappa shape index (κ1) is 22.4. The Kier molecular flexibility index (Phi) is 7.27. The monoisotopic (exact) mass is 448 g/mol. The minimum absolute atomic E-state index is 0.0722. The van der Waals surface area contributed by atoms with Crippen LogP contribution in [0.25, 0.3) is 0 Å². The van der Waals surface area contributed by atoms with Gasteiger partial charge in [0.25, 0.3) is 5.91 Å². The Morgan fingerprint density at radius 3 is 2.30 bits per heavy atom. The molecule has 0 saturated carbocycles. The van der Waals surface area contributed by atoms with Gasteiger partial charge in [0.2, 0.25) is 0 Å². The molecule has 2 aromatic carbocycles. The molecule has 3 aliphatic rings. The minimum atomic E-state index is 0.0722. The smallest absolute Gasteiger partial charge is 0.260 e. The molecule has 0 spiro atoms. The summed E-state index contributed by atoms with van der Waals surface area (Å²) in [6.07, 6.45) is 6.98. The summed E-state index contributed by atoms with van der Waals surface area (Å²) in [6.45, 7) is 4.67. The predicted molar refractivity (Wildman–Crippen MR) is 129 cm³/mol. The summed E-state index contributed by atoms with van der Waals surface area (Å²) in [5, 5.41) is 0. The van der Waals surface area contributed by atoms with Gasteiger partial charge in [-0.2, -0.15) is 0 Å². The maximum Gasteiger partial charge on any atom is 0.260 e. The van der Waals surface area contributed by atoms with Crippen molar-refractivity contribution in [2.45, 2.75) is 50.7 Å². The standard InChI is InChI=1S/C28H36N2O3/c31-28(21-33-26-9-2-1-3-10-26)30(20-27-11-6-16-32-27)19-22-12-14-29(15-13-22)25-17-23-7-4-5-8-24(23)18-25/h1-5,7-10,22,25,27H,6,11-21H2/t27-/m1/s1. The molecule has 2 saturated heterocycles. The Balaban J connectivity index is 1.14. The Labute approximate surface area is 197 Å². The van der Waals surface area contributed by atoms with Crippen molar-refractivity contribution in [3.63, 3.8) is 0 Å². The van der Waals surface area contributed by atoms with Gasteiger partial charge in [-0.3, -0.25) is 9.69 Å². The van der Waals surface area contributed by atoms with E-state index in [4.69, 9.17) is 9.47 Å². The molecule has 2 aliphatic heterocycles. The van der Waals surface area contributed by atoms with Gasteiger partial charge in [-0.25, -0.2) is 0 Å². The maximum atomic E-state index is 13.1. The van der Waals surface area contributed by atoms with E-state index in [0.717, 1.165) is 57.7 Å². The normalized spacial score (nSPS) is 21.8. The number of fused-ring (bicyclic) bond motifs is 1. The number of rotatable bonds is 8. The van der Waals surface area contributed by atoms with E-state index in [9.17, 15) is 4.79 Å². The molecule has 2 fully saturated rings. The zero-order valence-corrected chi connectivity index (χ0v) is 19.5. The Bertz CT molecular complexity index is 879. The Hall–Kier alpha value is -2.37. The highest BCUT2D eigenvalue weighted by atomic mass is 16.5. The molecule has 0 unspecified atom stereocenters. The van der Waals surface area contributed by atoms with Gasteiger partial charge in [0.15, 0.2) is 6.61 Å². The number of carbonyl (C=O) groups is 1. The molecule has 0 N–H and O–H groups in total. The Morgan fingerprint density at radius 2 is 1.64 bits per heavy atom. The lowest BCUT2D eigenvalue weighted by Crippen LogP contribution is -2.47. The van der Waals surface area contributed by atoms with Crippen LogP contribution in [0.15, 0.2) is 54.6 Å². The molecule has 1 atom stereocenters. The number of benzene rings is 2. The molecule has 5 nitrogen and oxygen atoms in total. The largest absolute Gasteiger partial charge is 0.484 e. The van der Waals surface area contributed by atoms with Crippen molar-refractivity contribution >= 4 is 5.91 Å². The third kappa shape index (κ3) is 5.77.